The summed E-state index contributed by atoms with van der Waals surface area (Å²) in [5.74, 6) is 6.08. The Morgan fingerprint density at radius 1 is 0.828 bits per heavy atom. The summed E-state index contributed by atoms with van der Waals surface area (Å²) in [6, 6.07) is 22.8. The molecule has 7 N–H and O–H groups in total. The van der Waals surface area contributed by atoms with E-state index in [1.54, 1.807) is 13.0 Å². The van der Waals surface area contributed by atoms with Crippen LogP contribution in [-0.2, 0) is 16.6 Å². The van der Waals surface area contributed by atoms with Crippen LogP contribution in [0.25, 0.3) is 0 Å². The molecule has 0 heterocycles. The van der Waals surface area contributed by atoms with Gasteiger partial charge in [0.2, 0.25) is 10.0 Å². The molecule has 29 heavy (non-hydrogen) atoms. The summed E-state index contributed by atoms with van der Waals surface area (Å²) in [6.07, 6.45) is 0. The van der Waals surface area contributed by atoms with Crippen LogP contribution < -0.4 is 17.0 Å². The average molecular weight is 410 g/mol. The van der Waals surface area contributed by atoms with Crippen LogP contribution in [0, 0.1) is 25.7 Å². The van der Waals surface area contributed by atoms with Gasteiger partial charge in [0.05, 0.1) is 4.90 Å². The first-order chi connectivity index (χ1) is 13.3. The van der Waals surface area contributed by atoms with Gasteiger partial charge in [-0.2, -0.15) is 0 Å². The summed E-state index contributed by atoms with van der Waals surface area (Å²) in [6.45, 7) is 4.26. The van der Waals surface area contributed by atoms with Crippen LogP contribution in [0.2, 0.25) is 0 Å². The Labute approximate surface area is 173 Å². The second kappa shape index (κ2) is 11.1. The van der Waals surface area contributed by atoms with Gasteiger partial charge in [-0.05, 0) is 48.7 Å². The van der Waals surface area contributed by atoms with Gasteiger partial charge in [-0.1, -0.05) is 66.4 Å². The van der Waals surface area contributed by atoms with Crippen molar-refractivity contribution >= 4 is 10.0 Å². The second-order valence-corrected chi connectivity index (χ2v) is 7.76. The van der Waals surface area contributed by atoms with Gasteiger partial charge < -0.3 is 11.9 Å². The van der Waals surface area contributed by atoms with Crippen LogP contribution in [0.5, 0.6) is 0 Å². The van der Waals surface area contributed by atoms with Crippen LogP contribution in [0.3, 0.4) is 0 Å². The molecule has 3 aromatic carbocycles. The van der Waals surface area contributed by atoms with Crippen LogP contribution in [0.4, 0.5) is 0 Å². The van der Waals surface area contributed by atoms with Gasteiger partial charge in [0, 0.05) is 17.7 Å². The lowest BCUT2D eigenvalue weighted by Gasteiger charge is -2.08. The normalized spacial score (nSPS) is 9.93. The van der Waals surface area contributed by atoms with Gasteiger partial charge in [-0.3, -0.25) is 0 Å². The standard InChI is InChI=1S/C16H15NO2S.C7H9N.H3N/c1-12-8-11-16(20(17,18)19)13(2)15(12)10-9-14-6-4-3-5-7-14;8-6-7-4-2-1-3-5-7;/h3-8,11H,1-2H3,(H2,17,18,19);1-5H,6,8H2;1H3. The third-order valence-corrected chi connectivity index (χ3v) is 5.17. The molecule has 0 saturated carbocycles. The molecule has 5 nitrogen and oxygen atoms in total. The van der Waals surface area contributed by atoms with Crippen molar-refractivity contribution in [2.24, 2.45) is 10.9 Å². The summed E-state index contributed by atoms with van der Waals surface area (Å²) >= 11 is 0. The van der Waals surface area contributed by atoms with E-state index in [1.807, 2.05) is 67.6 Å². The number of benzene rings is 3. The summed E-state index contributed by atoms with van der Waals surface area (Å²) in [7, 11) is -3.72. The predicted molar refractivity (Wildman–Crippen MR) is 119 cm³/mol. The Morgan fingerprint density at radius 2 is 1.38 bits per heavy atom. The minimum Gasteiger partial charge on any atom is -0.344 e. The molecule has 0 aliphatic heterocycles. The summed E-state index contributed by atoms with van der Waals surface area (Å²) in [5.41, 5.74) is 9.65. The zero-order valence-corrected chi connectivity index (χ0v) is 17.5. The van der Waals surface area contributed by atoms with Crippen molar-refractivity contribution in [3.63, 3.8) is 0 Å². The molecule has 0 aromatic heterocycles. The molecule has 0 bridgehead atoms. The van der Waals surface area contributed by atoms with Gasteiger partial charge in [-0.25, -0.2) is 13.6 Å². The van der Waals surface area contributed by atoms with E-state index in [1.165, 1.54) is 11.6 Å². The van der Waals surface area contributed by atoms with Crippen molar-refractivity contribution in [1.29, 1.82) is 0 Å². The first-order valence-corrected chi connectivity index (χ1v) is 10.3. The van der Waals surface area contributed by atoms with E-state index in [0.29, 0.717) is 17.7 Å². The van der Waals surface area contributed by atoms with Gasteiger partial charge >= 0.3 is 0 Å². The number of primary sulfonamides is 1. The lowest BCUT2D eigenvalue weighted by Crippen LogP contribution is -2.14. The molecule has 0 saturated heterocycles. The third kappa shape index (κ3) is 7.18. The Balaban J connectivity index is 0.000000394. The number of hydrogen-bond donors (Lipinski definition) is 3. The van der Waals surface area contributed by atoms with Crippen molar-refractivity contribution in [2.45, 2.75) is 25.3 Å². The summed E-state index contributed by atoms with van der Waals surface area (Å²) in [4.78, 5) is 0.125. The maximum absolute atomic E-state index is 11.5. The molecular weight excluding hydrogens is 382 g/mol. The SMILES string of the molecule is Cc1ccc(S(N)(=O)=O)c(C)c1C#Cc1ccccc1.N.NCc1ccccc1. The summed E-state index contributed by atoms with van der Waals surface area (Å²) in [5, 5.41) is 5.21. The first kappa shape index (κ1) is 24.1. The molecule has 0 atom stereocenters. The van der Waals surface area contributed by atoms with Crippen molar-refractivity contribution < 1.29 is 8.42 Å². The smallest absolute Gasteiger partial charge is 0.238 e. The molecule has 0 unspecified atom stereocenters. The first-order valence-electron chi connectivity index (χ1n) is 8.77. The predicted octanol–water partition coefficient (Wildman–Crippen LogP) is 3.66. The molecule has 6 heteroatoms. The molecule has 3 aromatic rings. The van der Waals surface area contributed by atoms with E-state index < -0.39 is 10.0 Å². The lowest BCUT2D eigenvalue weighted by molar-refractivity contribution is 0.597. The van der Waals surface area contributed by atoms with Crippen molar-refractivity contribution in [2.75, 3.05) is 0 Å². The van der Waals surface area contributed by atoms with E-state index in [2.05, 4.69) is 11.8 Å². The maximum Gasteiger partial charge on any atom is 0.238 e. The van der Waals surface area contributed by atoms with Crippen LogP contribution >= 0.6 is 0 Å². The number of nitrogens with two attached hydrogens (primary N) is 2. The van der Waals surface area contributed by atoms with Crippen molar-refractivity contribution in [1.82, 2.24) is 6.15 Å². The van der Waals surface area contributed by atoms with Crippen molar-refractivity contribution in [3.8, 4) is 11.8 Å². The van der Waals surface area contributed by atoms with Gasteiger partial charge in [-0.15, -0.1) is 0 Å². The molecule has 0 spiro atoms. The zero-order chi connectivity index (χ0) is 20.6. The largest absolute Gasteiger partial charge is 0.344 e. The molecule has 3 rings (SSSR count). The number of sulfonamides is 1. The van der Waals surface area contributed by atoms with Gasteiger partial charge in [0.1, 0.15) is 0 Å². The Hall–Kier alpha value is -2.95. The third-order valence-electron chi connectivity index (χ3n) is 4.11. The number of hydrogen-bond acceptors (Lipinski definition) is 4. The average Bonchev–Trinajstić information content (AvgIpc) is 2.69. The van der Waals surface area contributed by atoms with E-state index in [-0.39, 0.29) is 11.0 Å². The topological polar surface area (TPSA) is 121 Å². The van der Waals surface area contributed by atoms with Gasteiger partial charge in [0.25, 0.3) is 0 Å². The number of aryl methyl sites for hydroxylation is 1. The fraction of sp³-hybridized carbons (Fsp3) is 0.130. The van der Waals surface area contributed by atoms with Gasteiger partial charge in [0.15, 0.2) is 0 Å². The minimum atomic E-state index is -3.72. The number of rotatable bonds is 2. The summed E-state index contributed by atoms with van der Waals surface area (Å²) < 4.78 is 23.0. The van der Waals surface area contributed by atoms with Crippen molar-refractivity contribution in [3.05, 3.63) is 101 Å². The minimum absolute atomic E-state index is 0. The Kier molecular flexibility index (Phi) is 9.26. The fourth-order valence-corrected chi connectivity index (χ4v) is 3.39. The van der Waals surface area contributed by atoms with Crippen LogP contribution in [0.15, 0.2) is 77.7 Å². The highest BCUT2D eigenvalue weighted by Crippen LogP contribution is 2.20. The quantitative estimate of drug-likeness (QED) is 0.559. The Bertz CT molecular complexity index is 1090. The van der Waals surface area contributed by atoms with E-state index in [9.17, 15) is 8.42 Å². The second-order valence-electron chi connectivity index (χ2n) is 6.23. The molecule has 0 aliphatic carbocycles. The Morgan fingerprint density at radius 3 is 1.86 bits per heavy atom. The van der Waals surface area contributed by atoms with Crippen LogP contribution in [-0.4, -0.2) is 8.42 Å². The monoisotopic (exact) mass is 409 g/mol. The highest BCUT2D eigenvalue weighted by molar-refractivity contribution is 7.89. The lowest BCUT2D eigenvalue weighted by atomic mass is 10.0. The van der Waals surface area contributed by atoms with E-state index in [4.69, 9.17) is 10.9 Å². The molecular formula is C23H27N3O2S. The van der Waals surface area contributed by atoms with Crippen LogP contribution in [0.1, 0.15) is 27.8 Å². The molecule has 0 amide bonds. The fourth-order valence-electron chi connectivity index (χ4n) is 2.60. The zero-order valence-electron chi connectivity index (χ0n) is 16.7. The molecule has 0 aliphatic rings. The highest BCUT2D eigenvalue weighted by atomic mass is 32.2. The molecule has 0 fully saturated rings. The molecule has 152 valence electrons. The molecule has 0 radical (unpaired) electrons. The van der Waals surface area contributed by atoms with E-state index in [0.717, 1.165) is 11.1 Å². The maximum atomic E-state index is 11.5. The van der Waals surface area contributed by atoms with E-state index >= 15 is 0 Å². The highest BCUT2D eigenvalue weighted by Gasteiger charge is 2.14.